The van der Waals surface area contributed by atoms with Crippen molar-refractivity contribution in [3.8, 4) is 0 Å². The number of H-pyrrole nitrogens is 1. The number of nitrogens with zero attached hydrogens (tertiary/aromatic N) is 2. The van der Waals surface area contributed by atoms with Gasteiger partial charge in [0.2, 0.25) is 0 Å². The maximum atomic E-state index is 5.92. The number of aromatic amines is 1. The van der Waals surface area contributed by atoms with Crippen LogP contribution in [0.4, 0.5) is 0 Å². The van der Waals surface area contributed by atoms with Crippen LogP contribution in [-0.4, -0.2) is 14.5 Å². The van der Waals surface area contributed by atoms with Gasteiger partial charge in [-0.25, -0.2) is 4.98 Å². The third kappa shape index (κ3) is 2.53. The van der Waals surface area contributed by atoms with Gasteiger partial charge < -0.3 is 4.98 Å². The van der Waals surface area contributed by atoms with E-state index in [1.54, 1.807) is 6.20 Å². The molecule has 0 spiro atoms. The Morgan fingerprint density at radius 1 is 1.47 bits per heavy atom. The van der Waals surface area contributed by atoms with Gasteiger partial charge in [0.25, 0.3) is 0 Å². The number of hydrogen-bond donors (Lipinski definition) is 1. The maximum absolute atomic E-state index is 5.92. The minimum Gasteiger partial charge on any atom is -0.329 e. The van der Waals surface area contributed by atoms with Crippen molar-refractivity contribution in [3.05, 3.63) is 22.1 Å². The van der Waals surface area contributed by atoms with E-state index in [2.05, 4.69) is 35.3 Å². The molecule has 2 rings (SSSR count). The standard InChI is InChI=1S/C12H16ClN3S/c1-7(2)4-8(3)16-11-10(15-12(16)17)5-9(13)6-14-11/h5-8H,4H2,1-3H3,(H,15,17). The molecule has 3 nitrogen and oxygen atoms in total. The van der Waals surface area contributed by atoms with Crippen molar-refractivity contribution in [3.63, 3.8) is 0 Å². The van der Waals surface area contributed by atoms with E-state index in [4.69, 9.17) is 23.8 Å². The van der Waals surface area contributed by atoms with Crippen molar-refractivity contribution in [2.45, 2.75) is 33.2 Å². The quantitative estimate of drug-likeness (QED) is 0.840. The molecule has 2 aromatic rings. The summed E-state index contributed by atoms with van der Waals surface area (Å²) in [5, 5.41) is 0.623. The van der Waals surface area contributed by atoms with E-state index in [-0.39, 0.29) is 0 Å². The molecule has 1 N–H and O–H groups in total. The van der Waals surface area contributed by atoms with Gasteiger partial charge in [-0.2, -0.15) is 0 Å². The monoisotopic (exact) mass is 269 g/mol. The summed E-state index contributed by atoms with van der Waals surface area (Å²) >= 11 is 11.3. The Bertz CT molecular complexity index is 585. The van der Waals surface area contributed by atoms with Crippen molar-refractivity contribution in [2.75, 3.05) is 0 Å². The Balaban J connectivity index is 2.53. The molecule has 0 aliphatic carbocycles. The summed E-state index contributed by atoms with van der Waals surface area (Å²) in [6.45, 7) is 6.58. The number of rotatable bonds is 3. The third-order valence-electron chi connectivity index (χ3n) is 2.78. The average Bonchev–Trinajstić information content (AvgIpc) is 2.51. The fourth-order valence-corrected chi connectivity index (χ4v) is 2.72. The first-order chi connectivity index (χ1) is 7.99. The fourth-order valence-electron chi connectivity index (χ4n) is 2.18. The van der Waals surface area contributed by atoms with Gasteiger partial charge in [0.1, 0.15) is 0 Å². The molecular formula is C12H16ClN3S. The van der Waals surface area contributed by atoms with E-state index < -0.39 is 0 Å². The van der Waals surface area contributed by atoms with E-state index in [1.165, 1.54) is 0 Å². The van der Waals surface area contributed by atoms with Crippen LogP contribution in [0.1, 0.15) is 33.2 Å². The highest BCUT2D eigenvalue weighted by Crippen LogP contribution is 2.23. The molecule has 92 valence electrons. The summed E-state index contributed by atoms with van der Waals surface area (Å²) in [6.07, 6.45) is 2.73. The molecule has 0 aromatic carbocycles. The topological polar surface area (TPSA) is 33.6 Å². The molecule has 0 aliphatic rings. The van der Waals surface area contributed by atoms with Crippen LogP contribution in [0.2, 0.25) is 5.02 Å². The largest absolute Gasteiger partial charge is 0.329 e. The van der Waals surface area contributed by atoms with E-state index >= 15 is 0 Å². The van der Waals surface area contributed by atoms with Crippen LogP contribution >= 0.6 is 23.8 Å². The molecule has 0 fully saturated rings. The molecule has 2 aromatic heterocycles. The SMILES string of the molecule is CC(C)CC(C)n1c(=S)[nH]c2cc(Cl)cnc21. The summed E-state index contributed by atoms with van der Waals surface area (Å²) < 4.78 is 2.78. The van der Waals surface area contributed by atoms with E-state index in [9.17, 15) is 0 Å². The lowest BCUT2D eigenvalue weighted by molar-refractivity contribution is 0.431. The van der Waals surface area contributed by atoms with Gasteiger partial charge in [0, 0.05) is 12.2 Å². The normalized spacial score (nSPS) is 13.5. The Morgan fingerprint density at radius 3 is 2.82 bits per heavy atom. The van der Waals surface area contributed by atoms with Crippen LogP contribution in [-0.2, 0) is 0 Å². The predicted octanol–water partition coefficient (Wildman–Crippen LogP) is 4.35. The Hall–Kier alpha value is -0.870. The van der Waals surface area contributed by atoms with E-state index in [1.807, 2.05) is 6.07 Å². The summed E-state index contributed by atoms with van der Waals surface area (Å²) in [4.78, 5) is 7.52. The minimum atomic E-state index is 0.338. The molecule has 0 saturated carbocycles. The van der Waals surface area contributed by atoms with Crippen LogP contribution in [0.15, 0.2) is 12.3 Å². The Kier molecular flexibility index (Phi) is 3.54. The number of pyridine rings is 1. The Morgan fingerprint density at radius 2 is 2.18 bits per heavy atom. The van der Waals surface area contributed by atoms with E-state index in [0.29, 0.717) is 21.8 Å². The summed E-state index contributed by atoms with van der Waals surface area (Å²) in [5.74, 6) is 0.629. The number of fused-ring (bicyclic) bond motifs is 1. The smallest absolute Gasteiger partial charge is 0.179 e. The number of nitrogens with one attached hydrogen (secondary N) is 1. The predicted molar refractivity (Wildman–Crippen MR) is 74.1 cm³/mol. The van der Waals surface area contributed by atoms with Crippen molar-refractivity contribution in [2.24, 2.45) is 5.92 Å². The second-order valence-electron chi connectivity index (χ2n) is 4.80. The Labute approximate surface area is 111 Å². The first-order valence-corrected chi connectivity index (χ1v) is 6.53. The number of halogens is 1. The molecule has 0 aliphatic heterocycles. The molecule has 0 saturated heterocycles. The molecule has 1 atom stereocenters. The van der Waals surface area contributed by atoms with Gasteiger partial charge in [-0.15, -0.1) is 0 Å². The lowest BCUT2D eigenvalue weighted by Crippen LogP contribution is -2.08. The van der Waals surface area contributed by atoms with Crippen LogP contribution in [0, 0.1) is 10.7 Å². The van der Waals surface area contributed by atoms with Crippen molar-refractivity contribution >= 4 is 35.0 Å². The van der Waals surface area contributed by atoms with Crippen LogP contribution in [0.3, 0.4) is 0 Å². The molecule has 0 radical (unpaired) electrons. The zero-order valence-electron chi connectivity index (χ0n) is 10.2. The maximum Gasteiger partial charge on any atom is 0.179 e. The fraction of sp³-hybridized carbons (Fsp3) is 0.500. The molecular weight excluding hydrogens is 254 g/mol. The molecule has 0 amide bonds. The molecule has 5 heteroatoms. The van der Waals surface area contributed by atoms with E-state index in [0.717, 1.165) is 17.6 Å². The van der Waals surface area contributed by atoms with Crippen molar-refractivity contribution in [1.82, 2.24) is 14.5 Å². The minimum absolute atomic E-state index is 0.338. The molecule has 17 heavy (non-hydrogen) atoms. The summed E-state index contributed by atoms with van der Waals surface area (Å²) in [6, 6.07) is 2.20. The van der Waals surface area contributed by atoms with Crippen LogP contribution < -0.4 is 0 Å². The first kappa shape index (κ1) is 12.6. The molecule has 2 heterocycles. The van der Waals surface area contributed by atoms with Gasteiger partial charge >= 0.3 is 0 Å². The lowest BCUT2D eigenvalue weighted by Gasteiger charge is -2.16. The van der Waals surface area contributed by atoms with Gasteiger partial charge in [0.05, 0.1) is 10.5 Å². The van der Waals surface area contributed by atoms with Gasteiger partial charge in [-0.3, -0.25) is 4.57 Å². The summed E-state index contributed by atoms with van der Waals surface area (Å²) in [5.41, 5.74) is 1.78. The second kappa shape index (κ2) is 4.78. The highest BCUT2D eigenvalue weighted by atomic mass is 35.5. The first-order valence-electron chi connectivity index (χ1n) is 5.74. The summed E-state index contributed by atoms with van der Waals surface area (Å²) in [7, 11) is 0. The van der Waals surface area contributed by atoms with Crippen LogP contribution in [0.25, 0.3) is 11.2 Å². The number of imidazole rings is 1. The zero-order valence-corrected chi connectivity index (χ0v) is 11.8. The van der Waals surface area contributed by atoms with Crippen LogP contribution in [0.5, 0.6) is 0 Å². The average molecular weight is 270 g/mol. The van der Waals surface area contributed by atoms with Gasteiger partial charge in [-0.1, -0.05) is 25.4 Å². The molecule has 0 bridgehead atoms. The number of aromatic nitrogens is 3. The number of hydrogen-bond acceptors (Lipinski definition) is 2. The highest BCUT2D eigenvalue weighted by Gasteiger charge is 2.13. The highest BCUT2D eigenvalue weighted by molar-refractivity contribution is 7.71. The van der Waals surface area contributed by atoms with Crippen molar-refractivity contribution < 1.29 is 0 Å². The molecule has 1 unspecified atom stereocenters. The van der Waals surface area contributed by atoms with Gasteiger partial charge in [0.15, 0.2) is 10.4 Å². The zero-order chi connectivity index (χ0) is 12.6. The third-order valence-corrected chi connectivity index (χ3v) is 3.28. The van der Waals surface area contributed by atoms with Gasteiger partial charge in [-0.05, 0) is 37.5 Å². The van der Waals surface area contributed by atoms with Crippen molar-refractivity contribution in [1.29, 1.82) is 0 Å². The lowest BCUT2D eigenvalue weighted by atomic mass is 10.1. The second-order valence-corrected chi connectivity index (χ2v) is 5.63.